The van der Waals surface area contributed by atoms with Crippen molar-refractivity contribution in [2.24, 2.45) is 0 Å². The van der Waals surface area contributed by atoms with Crippen LogP contribution in [0.5, 0.6) is 0 Å². The highest BCUT2D eigenvalue weighted by atomic mass is 19.3. The number of nitrogens with zero attached hydrogens (tertiary/aromatic N) is 4. The number of anilines is 1. The van der Waals surface area contributed by atoms with Gasteiger partial charge in [-0.2, -0.15) is 0 Å². The van der Waals surface area contributed by atoms with Crippen LogP contribution in [0.4, 0.5) is 14.6 Å². The maximum atomic E-state index is 13.0. The van der Waals surface area contributed by atoms with E-state index in [0.29, 0.717) is 17.3 Å². The minimum absolute atomic E-state index is 0.271. The third-order valence-electron chi connectivity index (χ3n) is 5.54. The van der Waals surface area contributed by atoms with Crippen LogP contribution < -0.4 is 10.2 Å². The van der Waals surface area contributed by atoms with Crippen LogP contribution in [0.1, 0.15) is 37.4 Å². The van der Waals surface area contributed by atoms with Gasteiger partial charge >= 0.3 is 0 Å². The maximum Gasteiger partial charge on any atom is 0.252 e. The van der Waals surface area contributed by atoms with Crippen molar-refractivity contribution < 1.29 is 13.6 Å². The van der Waals surface area contributed by atoms with E-state index in [2.05, 4.69) is 15.3 Å². The Bertz CT molecular complexity index is 882. The quantitative estimate of drug-likeness (QED) is 0.854. The Hall–Kier alpha value is -2.64. The number of likely N-dealkylation sites (N-methyl/N-ethyl adjacent to an activating group) is 1. The zero-order chi connectivity index (χ0) is 19.9. The molecule has 1 N–H and O–H groups in total. The molecule has 1 atom stereocenters. The molecule has 0 aromatic carbocycles. The monoisotopic (exact) mass is 387 g/mol. The van der Waals surface area contributed by atoms with Crippen molar-refractivity contribution >= 4 is 11.7 Å². The molecule has 0 aliphatic heterocycles. The van der Waals surface area contributed by atoms with E-state index in [1.165, 1.54) is 0 Å². The lowest BCUT2D eigenvalue weighted by Crippen LogP contribution is -2.54. The van der Waals surface area contributed by atoms with E-state index in [9.17, 15) is 13.6 Å². The van der Waals surface area contributed by atoms with Crippen LogP contribution in [0.2, 0.25) is 0 Å². The third-order valence-corrected chi connectivity index (χ3v) is 5.54. The molecular weight excluding hydrogens is 364 g/mol. The Balaban J connectivity index is 1.57. The smallest absolute Gasteiger partial charge is 0.252 e. The summed E-state index contributed by atoms with van der Waals surface area (Å²) in [4.78, 5) is 28.1. The lowest BCUT2D eigenvalue weighted by molar-refractivity contribution is -0.130. The molecule has 0 bridgehead atoms. The molecule has 4 rings (SSSR count). The number of amides is 1. The van der Waals surface area contributed by atoms with Crippen LogP contribution in [-0.4, -0.2) is 45.9 Å². The second-order valence-corrected chi connectivity index (χ2v) is 7.62. The molecule has 2 aliphatic rings. The lowest BCUT2D eigenvalue weighted by atomic mass is 9.88. The Morgan fingerprint density at radius 3 is 2.75 bits per heavy atom. The van der Waals surface area contributed by atoms with E-state index >= 15 is 0 Å². The number of rotatable bonds is 5. The number of carbonyl (C=O) groups is 1. The lowest BCUT2D eigenvalue weighted by Gasteiger charge is -2.37. The van der Waals surface area contributed by atoms with Gasteiger partial charge in [-0.1, -0.05) is 6.07 Å². The minimum atomic E-state index is -2.65. The number of pyridine rings is 1. The number of aromatic nitrogens is 3. The van der Waals surface area contributed by atoms with Gasteiger partial charge in [-0.05, 0) is 38.3 Å². The third kappa shape index (κ3) is 3.55. The predicted molar refractivity (Wildman–Crippen MR) is 101 cm³/mol. The molecule has 2 heterocycles. The summed E-state index contributed by atoms with van der Waals surface area (Å²) in [7, 11) is 1.81. The summed E-state index contributed by atoms with van der Waals surface area (Å²) >= 11 is 0. The number of fused-ring (bicyclic) bond motifs is 1. The van der Waals surface area contributed by atoms with Crippen molar-refractivity contribution in [3.05, 3.63) is 35.7 Å². The largest absolute Gasteiger partial charge is 0.351 e. The summed E-state index contributed by atoms with van der Waals surface area (Å²) in [6, 6.07) is 4.57. The first-order chi connectivity index (χ1) is 13.3. The van der Waals surface area contributed by atoms with Crippen LogP contribution in [-0.2, 0) is 17.6 Å². The van der Waals surface area contributed by atoms with Gasteiger partial charge in [0.1, 0.15) is 17.6 Å². The number of carbonyl (C=O) groups excluding carboxylic acids is 1. The van der Waals surface area contributed by atoms with Gasteiger partial charge in [0.05, 0.1) is 0 Å². The van der Waals surface area contributed by atoms with E-state index in [-0.39, 0.29) is 18.7 Å². The summed E-state index contributed by atoms with van der Waals surface area (Å²) < 4.78 is 26.1. The van der Waals surface area contributed by atoms with Crippen LogP contribution >= 0.6 is 0 Å². The summed E-state index contributed by atoms with van der Waals surface area (Å²) in [6.45, 7) is 1.76. The highest BCUT2D eigenvalue weighted by Crippen LogP contribution is 2.37. The maximum absolute atomic E-state index is 13.0. The zero-order valence-corrected chi connectivity index (χ0v) is 16.0. The molecule has 1 saturated carbocycles. The summed E-state index contributed by atoms with van der Waals surface area (Å²) in [5.41, 5.74) is 2.72. The molecule has 8 heteroatoms. The van der Waals surface area contributed by atoms with Gasteiger partial charge < -0.3 is 10.2 Å². The Morgan fingerprint density at radius 2 is 2.07 bits per heavy atom. The molecule has 2 aliphatic carbocycles. The number of nitrogens with one attached hydrogen (secondary N) is 1. The average molecular weight is 387 g/mol. The van der Waals surface area contributed by atoms with Crippen LogP contribution in [0.3, 0.4) is 0 Å². The molecule has 0 unspecified atom stereocenters. The summed E-state index contributed by atoms with van der Waals surface area (Å²) in [5.74, 6) is -1.68. The first-order valence-corrected chi connectivity index (χ1v) is 9.56. The number of halogens is 2. The van der Waals surface area contributed by atoms with E-state index in [1.807, 2.05) is 30.1 Å². The predicted octanol–water partition coefficient (Wildman–Crippen LogP) is 2.77. The molecule has 6 nitrogen and oxygen atoms in total. The number of hydrogen-bond acceptors (Lipinski definition) is 5. The Kier molecular flexibility index (Phi) is 4.72. The molecule has 1 amide bonds. The SMILES string of the molecule is C[C@H](C(=O)NC1CC(F)(F)C1)N(C)c1nc(-c2ccccn2)nc2c1CCC2. The fraction of sp³-hybridized carbons (Fsp3) is 0.500. The van der Waals surface area contributed by atoms with Crippen LogP contribution in [0.15, 0.2) is 24.4 Å². The fourth-order valence-corrected chi connectivity index (χ4v) is 3.76. The molecule has 28 heavy (non-hydrogen) atoms. The van der Waals surface area contributed by atoms with Crippen molar-refractivity contribution in [1.82, 2.24) is 20.3 Å². The normalized spacial score (nSPS) is 18.9. The fourth-order valence-electron chi connectivity index (χ4n) is 3.76. The van der Waals surface area contributed by atoms with E-state index in [0.717, 1.165) is 30.5 Å². The van der Waals surface area contributed by atoms with Gasteiger partial charge in [0.25, 0.3) is 5.92 Å². The molecule has 0 spiro atoms. The number of hydrogen-bond donors (Lipinski definition) is 1. The van der Waals surface area contributed by atoms with Crippen molar-refractivity contribution in [3.63, 3.8) is 0 Å². The van der Waals surface area contributed by atoms with E-state index in [1.54, 1.807) is 13.1 Å². The molecule has 2 aromatic rings. The Labute approximate surface area is 162 Å². The van der Waals surface area contributed by atoms with Crippen molar-refractivity contribution in [1.29, 1.82) is 0 Å². The standard InChI is InChI=1S/C20H23F2N5O/c1-12(19(28)24-13-10-20(21,22)11-13)27(2)18-14-6-5-8-15(14)25-17(26-18)16-7-3-4-9-23-16/h3-4,7,9,12-13H,5-6,8,10-11H2,1-2H3,(H,24,28)/t12-/m1/s1. The summed E-state index contributed by atoms with van der Waals surface area (Å²) in [5, 5.41) is 2.72. The van der Waals surface area contributed by atoms with Gasteiger partial charge in [0.2, 0.25) is 5.91 Å². The van der Waals surface area contributed by atoms with Gasteiger partial charge in [0.15, 0.2) is 5.82 Å². The second-order valence-electron chi connectivity index (χ2n) is 7.62. The molecule has 148 valence electrons. The van der Waals surface area contributed by atoms with E-state index in [4.69, 9.17) is 4.98 Å². The van der Waals surface area contributed by atoms with Gasteiger partial charge in [-0.3, -0.25) is 9.78 Å². The van der Waals surface area contributed by atoms with E-state index < -0.39 is 18.0 Å². The van der Waals surface area contributed by atoms with Crippen molar-refractivity contribution in [2.45, 2.75) is 57.0 Å². The van der Waals surface area contributed by atoms with Gasteiger partial charge in [0, 0.05) is 43.4 Å². The average Bonchev–Trinajstić information content (AvgIpc) is 3.14. The van der Waals surface area contributed by atoms with Crippen molar-refractivity contribution in [3.8, 4) is 11.5 Å². The second kappa shape index (κ2) is 7.07. The molecular formula is C20H23F2N5O. The van der Waals surface area contributed by atoms with Gasteiger partial charge in [-0.25, -0.2) is 18.7 Å². The number of alkyl halides is 2. The topological polar surface area (TPSA) is 71.0 Å². The highest BCUT2D eigenvalue weighted by molar-refractivity contribution is 5.85. The molecule has 1 fully saturated rings. The summed E-state index contributed by atoms with van der Waals surface area (Å²) in [6.07, 6.45) is 3.84. The number of aryl methyl sites for hydroxylation is 1. The molecule has 0 radical (unpaired) electrons. The first kappa shape index (κ1) is 18.7. The Morgan fingerprint density at radius 1 is 1.29 bits per heavy atom. The van der Waals surface area contributed by atoms with Gasteiger partial charge in [-0.15, -0.1) is 0 Å². The zero-order valence-electron chi connectivity index (χ0n) is 16.0. The highest BCUT2D eigenvalue weighted by Gasteiger charge is 2.46. The molecule has 0 saturated heterocycles. The van der Waals surface area contributed by atoms with Crippen LogP contribution in [0.25, 0.3) is 11.5 Å². The van der Waals surface area contributed by atoms with Crippen molar-refractivity contribution in [2.75, 3.05) is 11.9 Å². The first-order valence-electron chi connectivity index (χ1n) is 9.56. The molecule has 2 aromatic heterocycles. The van der Waals surface area contributed by atoms with Crippen LogP contribution in [0, 0.1) is 0 Å². The minimum Gasteiger partial charge on any atom is -0.351 e.